The van der Waals surface area contributed by atoms with Crippen LogP contribution in [-0.2, 0) is 118 Å². The highest BCUT2D eigenvalue weighted by Gasteiger charge is 2.33. The smallest absolute Gasteiger partial charge is 0.211 e. The first-order chi connectivity index (χ1) is 62.5. The number of pyridine rings is 7. The molecule has 23 heteroatoms. The van der Waals surface area contributed by atoms with Gasteiger partial charge in [-0.25, -0.2) is 24.9 Å². The first-order valence-corrected chi connectivity index (χ1v) is 46.0. The van der Waals surface area contributed by atoms with Gasteiger partial charge in [0, 0.05) is 165 Å². The quantitative estimate of drug-likeness (QED) is 0.0504. The van der Waals surface area contributed by atoms with Gasteiger partial charge in [0.15, 0.2) is 5.69 Å². The summed E-state index contributed by atoms with van der Waals surface area (Å²) >= 11 is 13.6. The SMILES string of the molecule is CC1(C)CCCC(C)(C)N1.Cc1c(C#N)ncc2c1CN(Cc1ccccc1)C2.Cc1c(C(=O)c2ccccc2)ncc2c1CN(Cc1ccccc1)C2.Cc1c(C(O)c2ccccc2)ncc2c1CNC2.Cl.Clc1cc2c(cn1)CCC2.Clc1cc2c(cn1)CNC2.N#Cc1cc2c(cn1)CN(Cc1ccccc1)C2.N#Cc1ncc2c(c1I)CN(Cc1ccccc1)C2. The topological polar surface area (TPSA) is 248 Å². The molecule has 1 unspecified atom stereocenters. The molecule has 0 spiro atoms. The highest BCUT2D eigenvalue weighted by molar-refractivity contribution is 14.1. The van der Waals surface area contributed by atoms with Gasteiger partial charge in [-0.05, 0) is 250 Å². The number of halogens is 4. The molecule has 19 nitrogen and oxygen atoms in total. The van der Waals surface area contributed by atoms with Gasteiger partial charge in [-0.15, -0.1) is 12.4 Å². The number of nitrogens with one attached hydrogen (secondary N) is 3. The van der Waals surface area contributed by atoms with E-state index in [0.717, 1.165) is 136 Å². The van der Waals surface area contributed by atoms with Crippen molar-refractivity contribution in [2.75, 3.05) is 0 Å². The molecule has 4 N–H and O–H groups in total. The summed E-state index contributed by atoms with van der Waals surface area (Å²) in [7, 11) is 0. The molecule has 7 aliphatic heterocycles. The Morgan fingerprint density at radius 1 is 0.423 bits per heavy atom. The number of nitriles is 3. The second-order valence-electron chi connectivity index (χ2n) is 35.2. The fourth-order valence-corrected chi connectivity index (χ4v) is 19.2. The third-order valence-corrected chi connectivity index (χ3v) is 26.1. The molecule has 1 fully saturated rings. The number of carbonyl (C=O) groups is 1. The summed E-state index contributed by atoms with van der Waals surface area (Å²) in [6.07, 6.45) is 20.0. The summed E-state index contributed by atoms with van der Waals surface area (Å²) in [5.74, 6) is 0.00223. The number of rotatable bonds is 12. The summed E-state index contributed by atoms with van der Waals surface area (Å²) in [4.78, 5) is 51.8. The summed E-state index contributed by atoms with van der Waals surface area (Å²) in [5, 5.41) is 48.7. The van der Waals surface area contributed by atoms with E-state index in [1.165, 1.54) is 139 Å². The van der Waals surface area contributed by atoms with Crippen LogP contribution in [0.2, 0.25) is 10.3 Å². The molecule has 13 aromatic rings. The lowest BCUT2D eigenvalue weighted by atomic mass is 9.83. The normalized spacial score (nSPS) is 15.5. The van der Waals surface area contributed by atoms with E-state index in [2.05, 4.69) is 236 Å². The standard InChI is InChI=1S/C22H20N2O.C16H15N3.C15H12IN3.C15H13N3.C15H16N2O.C9H19N.C8H8ClN.C7H7ClN2.ClH/c1-16-20-15-24(13-17-8-4-2-5-9-17)14-19(20)12-23-21(16)22(25)18-10-6-3-7-11-18;1-12-15-11-19(9-13-5-3-2-4-6-13)10-14(15)8-18-16(12)7-17;16-15-13-10-19(8-11-4-2-1-3-5-11)9-12(13)7-18-14(15)6-17;16-7-15-6-13-10-18(11-14(13)8-17-15)9-12-4-2-1-3-5-12;1-10-13-9-16-7-12(13)8-17-14(10)15(18)11-5-3-2-4-6-11;1-8(2)6-5-7-9(3,4)10-8;9-8-4-6-2-1-3-7(6)5-10-8;8-7-1-5-2-9-3-6(5)4-10-7;/h2-12H,13-15H2,1H3;2-6,8H,9-11H2,1H3;1-5,7H,8-10H2;1-6,8H,9-11H2;2-6,8,15-16,18H,7,9H2,1H3;10H,5-7H2,1-4H3;4-5H,1-3H2;1,4,9H,2-3H2;1H. The maximum atomic E-state index is 12.8. The van der Waals surface area contributed by atoms with Crippen LogP contribution in [0, 0.1) is 58.3 Å². The Morgan fingerprint density at radius 3 is 1.37 bits per heavy atom. The zero-order valence-corrected chi connectivity index (χ0v) is 79.4. The Labute approximate surface area is 795 Å². The molecule has 1 atom stereocenters. The van der Waals surface area contributed by atoms with Gasteiger partial charge in [0.05, 0.1) is 9.26 Å². The van der Waals surface area contributed by atoms with Crippen LogP contribution >= 0.6 is 58.2 Å². The van der Waals surface area contributed by atoms with Crippen molar-refractivity contribution in [3.8, 4) is 18.2 Å². The van der Waals surface area contributed by atoms with E-state index in [9.17, 15) is 9.90 Å². The number of piperidine rings is 1. The number of nitrogens with zero attached hydrogens (tertiary/aromatic N) is 14. The lowest BCUT2D eigenvalue weighted by molar-refractivity contribution is 0.103. The van der Waals surface area contributed by atoms with Gasteiger partial charge in [0.1, 0.15) is 51.7 Å². The number of aryl methyl sites for hydroxylation is 2. The minimum absolute atomic E-state index is 0. The van der Waals surface area contributed by atoms with Crippen LogP contribution in [0.3, 0.4) is 0 Å². The highest BCUT2D eigenvalue weighted by atomic mass is 127. The Hall–Kier alpha value is -11.2. The number of benzene rings is 6. The fourth-order valence-electron chi connectivity index (χ4n) is 18.0. The Balaban J connectivity index is 0.000000129. The summed E-state index contributed by atoms with van der Waals surface area (Å²) in [6.45, 7) is 29.8. The second kappa shape index (κ2) is 46.0. The molecule has 7 aromatic heterocycles. The van der Waals surface area contributed by atoms with Crippen LogP contribution in [0.1, 0.15) is 221 Å². The zero-order valence-electron chi connectivity index (χ0n) is 74.9. The third-order valence-electron chi connectivity index (χ3n) is 24.5. The molecule has 0 radical (unpaired) electrons. The predicted molar refractivity (Wildman–Crippen MR) is 524 cm³/mol. The van der Waals surface area contributed by atoms with E-state index in [0.29, 0.717) is 49.7 Å². The van der Waals surface area contributed by atoms with E-state index in [1.807, 2.05) is 167 Å². The summed E-state index contributed by atoms with van der Waals surface area (Å²) in [5.41, 5.74) is 31.5. The molecule has 664 valence electrons. The monoisotopic (exact) mass is 1900 g/mol. The van der Waals surface area contributed by atoms with E-state index >= 15 is 0 Å². The molecule has 14 heterocycles. The fraction of sp³-hybridized carbons (Fsp3) is 0.299. The van der Waals surface area contributed by atoms with E-state index in [1.54, 1.807) is 0 Å². The van der Waals surface area contributed by atoms with Crippen LogP contribution in [0.4, 0.5) is 0 Å². The number of ketones is 1. The van der Waals surface area contributed by atoms with Crippen LogP contribution in [0.15, 0.2) is 244 Å². The van der Waals surface area contributed by atoms with Crippen molar-refractivity contribution in [2.24, 2.45) is 0 Å². The lowest BCUT2D eigenvalue weighted by Crippen LogP contribution is -2.55. The van der Waals surface area contributed by atoms with E-state index in [4.69, 9.17) is 39.0 Å². The van der Waals surface area contributed by atoms with Crippen LogP contribution in [-0.4, -0.2) is 76.5 Å². The summed E-state index contributed by atoms with van der Waals surface area (Å²) < 4.78 is 1.01. The van der Waals surface area contributed by atoms with Gasteiger partial charge in [-0.2, -0.15) is 15.8 Å². The number of aromatic nitrogens is 7. The molecule has 1 aliphatic carbocycles. The molecule has 21 rings (SSSR count). The van der Waals surface area contributed by atoms with Crippen molar-refractivity contribution < 1.29 is 9.90 Å². The molecule has 0 bridgehead atoms. The number of hydrogen-bond donors (Lipinski definition) is 4. The van der Waals surface area contributed by atoms with Crippen molar-refractivity contribution >= 4 is 64.0 Å². The third kappa shape index (κ3) is 25.9. The molecular formula is C107H111Cl3IN17O2. The Kier molecular flexibility index (Phi) is 34.1. The van der Waals surface area contributed by atoms with Crippen molar-refractivity contribution in [1.29, 1.82) is 15.8 Å². The van der Waals surface area contributed by atoms with Gasteiger partial charge in [-0.3, -0.25) is 34.4 Å². The summed E-state index contributed by atoms with van der Waals surface area (Å²) in [6, 6.07) is 73.1. The number of carbonyl (C=O) groups excluding carboxylic acids is 1. The second-order valence-corrected chi connectivity index (χ2v) is 37.1. The lowest BCUT2D eigenvalue weighted by Gasteiger charge is -2.42. The minimum atomic E-state index is -0.642. The molecule has 6 aromatic carbocycles. The molecule has 8 aliphatic rings. The van der Waals surface area contributed by atoms with Crippen molar-refractivity contribution in [2.45, 2.75) is 209 Å². The van der Waals surface area contributed by atoms with Crippen molar-refractivity contribution in [1.82, 2.24) is 70.4 Å². The van der Waals surface area contributed by atoms with Crippen LogP contribution in [0.25, 0.3) is 0 Å². The average Bonchev–Trinajstić information content (AvgIpc) is 1.63. The van der Waals surface area contributed by atoms with Crippen molar-refractivity contribution in [3.05, 3.63) is 414 Å². The maximum Gasteiger partial charge on any atom is 0.211 e. The average molecular weight is 1900 g/mol. The Bertz CT molecular complexity index is 5970. The number of aliphatic hydroxyl groups is 1. The van der Waals surface area contributed by atoms with Gasteiger partial charge >= 0.3 is 0 Å². The number of fused-ring (bicyclic) bond motifs is 7. The molecule has 1 saturated heterocycles. The zero-order chi connectivity index (χ0) is 90.4. The van der Waals surface area contributed by atoms with Crippen LogP contribution in [0.5, 0.6) is 0 Å². The number of aliphatic hydroxyl groups excluding tert-OH is 1. The number of hydrogen-bond acceptors (Lipinski definition) is 19. The Morgan fingerprint density at radius 2 is 0.838 bits per heavy atom. The first-order valence-electron chi connectivity index (χ1n) is 44.1. The van der Waals surface area contributed by atoms with E-state index in [-0.39, 0.29) is 18.2 Å². The van der Waals surface area contributed by atoms with Gasteiger partial charge in [0.25, 0.3) is 0 Å². The van der Waals surface area contributed by atoms with Gasteiger partial charge < -0.3 is 21.1 Å². The highest BCUT2D eigenvalue weighted by Crippen LogP contribution is 2.35. The van der Waals surface area contributed by atoms with E-state index < -0.39 is 6.10 Å². The first kappa shape index (κ1) is 96.3. The predicted octanol–water partition coefficient (Wildman–Crippen LogP) is 20.8. The van der Waals surface area contributed by atoms with Gasteiger partial charge in [0.2, 0.25) is 5.78 Å². The molecule has 130 heavy (non-hydrogen) atoms. The van der Waals surface area contributed by atoms with Crippen LogP contribution < -0.4 is 16.0 Å². The largest absolute Gasteiger partial charge is 0.382 e. The molecule has 0 saturated carbocycles. The molecular weight excluding hydrogens is 1790 g/mol. The maximum absolute atomic E-state index is 12.8. The minimum Gasteiger partial charge on any atom is -0.382 e. The van der Waals surface area contributed by atoms with Crippen molar-refractivity contribution in [3.63, 3.8) is 0 Å². The molecule has 0 amide bonds. The van der Waals surface area contributed by atoms with Gasteiger partial charge in [-0.1, -0.05) is 205 Å².